The first-order valence-electron chi connectivity index (χ1n) is 6.26. The molecule has 0 aliphatic carbocycles. The fourth-order valence-electron chi connectivity index (χ4n) is 1.49. The Morgan fingerprint density at radius 1 is 1.17 bits per heavy atom. The van der Waals surface area contributed by atoms with Crippen molar-refractivity contribution in [3.05, 3.63) is 0 Å². The average molecular weight is 257 g/mol. The Morgan fingerprint density at radius 2 is 1.78 bits per heavy atom. The van der Waals surface area contributed by atoms with Gasteiger partial charge in [-0.1, -0.05) is 20.8 Å². The number of carbonyl (C=O) groups is 2. The Balaban J connectivity index is 2.19. The third-order valence-corrected chi connectivity index (χ3v) is 2.54. The third kappa shape index (κ3) is 5.86. The van der Waals surface area contributed by atoms with E-state index in [-0.39, 0.29) is 23.9 Å². The number of rotatable bonds is 3. The highest BCUT2D eigenvalue weighted by molar-refractivity contribution is 5.84. The maximum absolute atomic E-state index is 11.7. The molecule has 0 unspecified atom stereocenters. The Hall–Kier alpha value is -1.30. The third-order valence-electron chi connectivity index (χ3n) is 2.54. The van der Waals surface area contributed by atoms with E-state index < -0.39 is 0 Å². The molecular formula is C12H23N3O3. The molecule has 6 nitrogen and oxygen atoms in total. The van der Waals surface area contributed by atoms with Crippen LogP contribution in [-0.4, -0.2) is 56.2 Å². The van der Waals surface area contributed by atoms with E-state index in [1.165, 1.54) is 0 Å². The van der Waals surface area contributed by atoms with Crippen molar-refractivity contribution in [2.24, 2.45) is 5.41 Å². The number of nitrogens with zero attached hydrogens (tertiary/aromatic N) is 1. The molecule has 0 radical (unpaired) electrons. The van der Waals surface area contributed by atoms with Crippen molar-refractivity contribution < 1.29 is 14.3 Å². The molecule has 1 heterocycles. The highest BCUT2D eigenvalue weighted by Crippen LogP contribution is 2.09. The van der Waals surface area contributed by atoms with Gasteiger partial charge in [0.1, 0.15) is 0 Å². The first kappa shape index (κ1) is 14.8. The minimum Gasteiger partial charge on any atom is -0.378 e. The van der Waals surface area contributed by atoms with Crippen LogP contribution in [0.15, 0.2) is 0 Å². The van der Waals surface area contributed by atoms with Crippen molar-refractivity contribution in [3.8, 4) is 0 Å². The van der Waals surface area contributed by atoms with Crippen molar-refractivity contribution in [2.75, 3.05) is 39.4 Å². The number of morpholine rings is 1. The maximum Gasteiger partial charge on any atom is 0.315 e. The first-order valence-corrected chi connectivity index (χ1v) is 6.26. The summed E-state index contributed by atoms with van der Waals surface area (Å²) in [6.07, 6.45) is 0. The van der Waals surface area contributed by atoms with Crippen molar-refractivity contribution >= 4 is 11.9 Å². The summed E-state index contributed by atoms with van der Waals surface area (Å²) in [6.45, 7) is 9.06. The first-order chi connectivity index (χ1) is 8.38. The standard InChI is InChI=1S/C12H23N3O3/c1-12(2,3)9-14-11(17)13-8-10(16)15-4-6-18-7-5-15/h4-9H2,1-3H3,(H2,13,14,17). The molecule has 0 aromatic carbocycles. The second-order valence-corrected chi connectivity index (χ2v) is 5.59. The molecule has 0 aromatic heterocycles. The summed E-state index contributed by atoms with van der Waals surface area (Å²) in [4.78, 5) is 24.9. The van der Waals surface area contributed by atoms with Crippen LogP contribution in [0.2, 0.25) is 0 Å². The summed E-state index contributed by atoms with van der Waals surface area (Å²) >= 11 is 0. The van der Waals surface area contributed by atoms with Gasteiger partial charge in [0.05, 0.1) is 19.8 Å². The van der Waals surface area contributed by atoms with Crippen LogP contribution < -0.4 is 10.6 Å². The van der Waals surface area contributed by atoms with Gasteiger partial charge < -0.3 is 20.3 Å². The molecule has 1 aliphatic rings. The van der Waals surface area contributed by atoms with Crippen LogP contribution in [-0.2, 0) is 9.53 Å². The number of hydrogen-bond donors (Lipinski definition) is 2. The van der Waals surface area contributed by atoms with E-state index in [4.69, 9.17) is 4.74 Å². The molecule has 0 spiro atoms. The number of carbonyl (C=O) groups excluding carboxylic acids is 2. The van der Waals surface area contributed by atoms with E-state index in [2.05, 4.69) is 10.6 Å². The monoisotopic (exact) mass is 257 g/mol. The number of hydrogen-bond acceptors (Lipinski definition) is 3. The number of ether oxygens (including phenoxy) is 1. The molecule has 0 saturated carbocycles. The topological polar surface area (TPSA) is 70.7 Å². The average Bonchev–Trinajstić information content (AvgIpc) is 2.33. The molecule has 1 aliphatic heterocycles. The Bertz CT molecular complexity index is 293. The van der Waals surface area contributed by atoms with E-state index in [0.29, 0.717) is 32.8 Å². The zero-order chi connectivity index (χ0) is 13.6. The predicted molar refractivity (Wildman–Crippen MR) is 68.3 cm³/mol. The Kier molecular flexibility index (Phi) is 5.40. The van der Waals surface area contributed by atoms with Crippen LogP contribution in [0.3, 0.4) is 0 Å². The van der Waals surface area contributed by atoms with Crippen LogP contribution >= 0.6 is 0 Å². The zero-order valence-corrected chi connectivity index (χ0v) is 11.4. The van der Waals surface area contributed by atoms with E-state index in [1.807, 2.05) is 20.8 Å². The molecule has 1 fully saturated rings. The van der Waals surface area contributed by atoms with Gasteiger partial charge in [-0.05, 0) is 5.41 Å². The molecular weight excluding hydrogens is 234 g/mol. The lowest BCUT2D eigenvalue weighted by Gasteiger charge is -2.27. The predicted octanol–water partition coefficient (Wildman–Crippen LogP) is 0.191. The normalized spacial score (nSPS) is 16.3. The summed E-state index contributed by atoms with van der Waals surface area (Å²) in [5.41, 5.74) is 0.0333. The largest absolute Gasteiger partial charge is 0.378 e. The van der Waals surface area contributed by atoms with Gasteiger partial charge in [0, 0.05) is 19.6 Å². The fraction of sp³-hybridized carbons (Fsp3) is 0.833. The quantitative estimate of drug-likeness (QED) is 0.758. The Morgan fingerprint density at radius 3 is 2.33 bits per heavy atom. The summed E-state index contributed by atoms with van der Waals surface area (Å²) in [5, 5.41) is 5.31. The van der Waals surface area contributed by atoms with Gasteiger partial charge in [-0.3, -0.25) is 4.79 Å². The van der Waals surface area contributed by atoms with Crippen molar-refractivity contribution in [1.82, 2.24) is 15.5 Å². The minimum atomic E-state index is -0.300. The van der Waals surface area contributed by atoms with E-state index in [0.717, 1.165) is 0 Å². The van der Waals surface area contributed by atoms with Gasteiger partial charge in [0.2, 0.25) is 5.91 Å². The fourth-order valence-corrected chi connectivity index (χ4v) is 1.49. The molecule has 0 atom stereocenters. The van der Waals surface area contributed by atoms with E-state index in [9.17, 15) is 9.59 Å². The summed E-state index contributed by atoms with van der Waals surface area (Å²) < 4.78 is 5.16. The van der Waals surface area contributed by atoms with E-state index in [1.54, 1.807) is 4.90 Å². The van der Waals surface area contributed by atoms with Gasteiger partial charge >= 0.3 is 6.03 Å². The lowest BCUT2D eigenvalue weighted by molar-refractivity contribution is -0.134. The summed E-state index contributed by atoms with van der Waals surface area (Å²) in [7, 11) is 0. The minimum absolute atomic E-state index is 0.0333. The van der Waals surface area contributed by atoms with Crippen LogP contribution in [0.1, 0.15) is 20.8 Å². The molecule has 0 aromatic rings. The molecule has 3 amide bonds. The van der Waals surface area contributed by atoms with Crippen LogP contribution in [0, 0.1) is 5.41 Å². The number of nitrogens with one attached hydrogen (secondary N) is 2. The zero-order valence-electron chi connectivity index (χ0n) is 11.4. The smallest absolute Gasteiger partial charge is 0.315 e. The molecule has 1 saturated heterocycles. The molecule has 18 heavy (non-hydrogen) atoms. The molecule has 6 heteroatoms. The van der Waals surface area contributed by atoms with Crippen molar-refractivity contribution in [2.45, 2.75) is 20.8 Å². The Labute approximate surface area is 108 Å². The highest BCUT2D eigenvalue weighted by atomic mass is 16.5. The van der Waals surface area contributed by atoms with Crippen LogP contribution in [0.25, 0.3) is 0 Å². The number of urea groups is 1. The van der Waals surface area contributed by atoms with Gasteiger partial charge in [0.25, 0.3) is 0 Å². The van der Waals surface area contributed by atoms with Gasteiger partial charge in [-0.15, -0.1) is 0 Å². The van der Waals surface area contributed by atoms with Crippen LogP contribution in [0.5, 0.6) is 0 Å². The van der Waals surface area contributed by atoms with Gasteiger partial charge in [-0.25, -0.2) is 4.79 Å². The SMILES string of the molecule is CC(C)(C)CNC(=O)NCC(=O)N1CCOCC1. The lowest BCUT2D eigenvalue weighted by Crippen LogP contribution is -2.48. The summed E-state index contributed by atoms with van der Waals surface area (Å²) in [6, 6.07) is -0.300. The molecule has 1 rings (SSSR count). The van der Waals surface area contributed by atoms with Crippen molar-refractivity contribution in [1.29, 1.82) is 0 Å². The summed E-state index contributed by atoms with van der Waals surface area (Å²) in [5.74, 6) is -0.0655. The second-order valence-electron chi connectivity index (χ2n) is 5.59. The van der Waals surface area contributed by atoms with Gasteiger partial charge in [0.15, 0.2) is 0 Å². The number of amides is 3. The molecule has 104 valence electrons. The lowest BCUT2D eigenvalue weighted by atomic mass is 9.97. The highest BCUT2D eigenvalue weighted by Gasteiger charge is 2.17. The second kappa shape index (κ2) is 6.58. The molecule has 2 N–H and O–H groups in total. The maximum atomic E-state index is 11.7. The van der Waals surface area contributed by atoms with Crippen LogP contribution in [0.4, 0.5) is 4.79 Å². The van der Waals surface area contributed by atoms with Gasteiger partial charge in [-0.2, -0.15) is 0 Å². The van der Waals surface area contributed by atoms with E-state index >= 15 is 0 Å². The molecule has 0 bridgehead atoms. The van der Waals surface area contributed by atoms with Crippen molar-refractivity contribution in [3.63, 3.8) is 0 Å².